The van der Waals surface area contributed by atoms with Crippen LogP contribution in [0.15, 0.2) is 23.8 Å². The average molecular weight is 359 g/mol. The van der Waals surface area contributed by atoms with Crippen LogP contribution in [-0.4, -0.2) is 17.2 Å². The molecule has 1 aromatic heterocycles. The van der Waals surface area contributed by atoms with Crippen LogP contribution in [0.3, 0.4) is 0 Å². The molecule has 1 saturated carbocycles. The van der Waals surface area contributed by atoms with E-state index in [9.17, 15) is 15.8 Å². The number of fused-ring (bicyclic) bond motifs is 1. The van der Waals surface area contributed by atoms with Gasteiger partial charge in [0, 0.05) is 28.2 Å². The van der Waals surface area contributed by atoms with Crippen LogP contribution in [0, 0.1) is 56.7 Å². The zero-order valence-electron chi connectivity index (χ0n) is 11.9. The Balaban J connectivity index is 2.21. The highest BCUT2D eigenvalue weighted by atomic mass is 35.5. The lowest BCUT2D eigenvalue weighted by atomic mass is 9.57. The molecule has 0 aromatic carbocycles. The third-order valence-corrected chi connectivity index (χ3v) is 6.79. The van der Waals surface area contributed by atoms with Crippen molar-refractivity contribution in [2.75, 3.05) is 11.5 Å². The summed E-state index contributed by atoms with van der Waals surface area (Å²) in [4.78, 5) is 0.939. The summed E-state index contributed by atoms with van der Waals surface area (Å²) in [6, 6.07) is 9.88. The highest BCUT2D eigenvalue weighted by molar-refractivity contribution is 7.99. The largest absolute Gasteiger partial charge is 0.305 e. The summed E-state index contributed by atoms with van der Waals surface area (Å²) in [5.74, 6) is 0.354. The Labute approximate surface area is 147 Å². The van der Waals surface area contributed by atoms with Crippen molar-refractivity contribution in [2.24, 2.45) is 17.3 Å². The Morgan fingerprint density at radius 3 is 2.57 bits per heavy atom. The van der Waals surface area contributed by atoms with E-state index in [-0.39, 0.29) is 17.5 Å². The van der Waals surface area contributed by atoms with E-state index in [4.69, 9.17) is 17.0 Å². The molecule has 1 fully saturated rings. The van der Waals surface area contributed by atoms with Crippen LogP contribution in [0.2, 0.25) is 4.34 Å². The van der Waals surface area contributed by atoms with Gasteiger partial charge >= 0.3 is 0 Å². The molecule has 0 radical (unpaired) electrons. The van der Waals surface area contributed by atoms with Gasteiger partial charge in [-0.15, -0.1) is 11.3 Å². The first kappa shape index (κ1) is 16.1. The molecule has 114 valence electrons. The van der Waals surface area contributed by atoms with Gasteiger partial charge in [0.25, 0.3) is 0 Å². The Bertz CT molecular complexity index is 806. The molecule has 3 atom stereocenters. The molecule has 1 aliphatic carbocycles. The number of nitrogens with zero attached hydrogens (tertiary/aromatic N) is 3. The minimum absolute atomic E-state index is 0.0958. The highest BCUT2D eigenvalue weighted by Gasteiger charge is 2.56. The molecule has 7 heteroatoms. The van der Waals surface area contributed by atoms with Gasteiger partial charge in [0.15, 0.2) is 0 Å². The Hall–Kier alpha value is -1.78. The molecule has 0 amide bonds. The Morgan fingerprint density at radius 2 is 2.00 bits per heavy atom. The Kier molecular flexibility index (Phi) is 4.21. The van der Waals surface area contributed by atoms with Crippen molar-refractivity contribution in [1.29, 1.82) is 21.2 Å². The van der Waals surface area contributed by atoms with Crippen molar-refractivity contribution < 1.29 is 0 Å². The van der Waals surface area contributed by atoms with Crippen molar-refractivity contribution in [1.82, 2.24) is 0 Å². The number of thiophene rings is 1. The number of hydrogen-bond donors (Lipinski definition) is 1. The van der Waals surface area contributed by atoms with Crippen LogP contribution in [0.25, 0.3) is 0 Å². The Morgan fingerprint density at radius 1 is 1.26 bits per heavy atom. The van der Waals surface area contributed by atoms with E-state index in [0.717, 1.165) is 16.4 Å². The smallest absolute Gasteiger partial charge is 0.203 e. The number of nitrogens with one attached hydrogen (secondary N) is 1. The third kappa shape index (κ3) is 2.28. The molecule has 1 aliphatic heterocycles. The second kappa shape index (κ2) is 6.02. The maximum absolute atomic E-state index is 9.65. The average Bonchev–Trinajstić information content (AvgIpc) is 3.00. The topological polar surface area (TPSA) is 95.2 Å². The molecule has 1 aromatic rings. The van der Waals surface area contributed by atoms with Crippen molar-refractivity contribution in [3.63, 3.8) is 0 Å². The lowest BCUT2D eigenvalue weighted by Gasteiger charge is -2.44. The first-order chi connectivity index (χ1) is 11.1. The van der Waals surface area contributed by atoms with Gasteiger partial charge in [-0.05, 0) is 17.7 Å². The third-order valence-electron chi connectivity index (χ3n) is 4.46. The van der Waals surface area contributed by atoms with Crippen molar-refractivity contribution in [2.45, 2.75) is 5.92 Å². The fraction of sp³-hybridized carbons (Fsp3) is 0.375. The van der Waals surface area contributed by atoms with Gasteiger partial charge in [0.05, 0.1) is 34.2 Å². The number of hydrogen-bond acceptors (Lipinski definition) is 6. The molecule has 3 rings (SSSR count). The van der Waals surface area contributed by atoms with Crippen molar-refractivity contribution >= 4 is 40.4 Å². The van der Waals surface area contributed by atoms with Crippen LogP contribution in [0.5, 0.6) is 0 Å². The summed E-state index contributed by atoms with van der Waals surface area (Å²) in [7, 11) is 0. The van der Waals surface area contributed by atoms with E-state index >= 15 is 0 Å². The summed E-state index contributed by atoms with van der Waals surface area (Å²) in [6.07, 6.45) is 1.90. The number of nitriles is 3. The summed E-state index contributed by atoms with van der Waals surface area (Å²) < 4.78 is 0.634. The van der Waals surface area contributed by atoms with E-state index in [2.05, 4.69) is 6.07 Å². The lowest BCUT2D eigenvalue weighted by molar-refractivity contribution is 0.417. The van der Waals surface area contributed by atoms with Gasteiger partial charge in [-0.1, -0.05) is 17.7 Å². The molecule has 0 spiro atoms. The van der Waals surface area contributed by atoms with E-state index in [1.165, 1.54) is 11.3 Å². The van der Waals surface area contributed by atoms with Gasteiger partial charge in [-0.2, -0.15) is 27.5 Å². The van der Waals surface area contributed by atoms with Gasteiger partial charge in [0.2, 0.25) is 5.41 Å². The number of thioether (sulfide) groups is 1. The molecule has 23 heavy (non-hydrogen) atoms. The molecule has 4 nitrogen and oxygen atoms in total. The van der Waals surface area contributed by atoms with E-state index < -0.39 is 11.3 Å². The molecule has 2 heterocycles. The number of allylic oxidation sites excluding steroid dienone is 1. The summed E-state index contributed by atoms with van der Waals surface area (Å²) >= 11 is 9.17. The fourth-order valence-electron chi connectivity index (χ4n) is 3.40. The molecular weight excluding hydrogens is 348 g/mol. The SMILES string of the molecule is N#CC1C(=N)C(C#N)(C#N)C2=CCSC[C@@H]2[C@@H]1c1ccc(Cl)s1. The molecule has 2 aliphatic rings. The quantitative estimate of drug-likeness (QED) is 0.768. The zero-order chi connectivity index (χ0) is 16.6. The lowest BCUT2D eigenvalue weighted by Crippen LogP contribution is -2.48. The first-order valence-electron chi connectivity index (χ1n) is 6.93. The zero-order valence-corrected chi connectivity index (χ0v) is 14.3. The normalized spacial score (nSPS) is 28.7. The molecule has 0 saturated heterocycles. The van der Waals surface area contributed by atoms with E-state index in [0.29, 0.717) is 9.91 Å². The summed E-state index contributed by atoms with van der Waals surface area (Å²) in [6.45, 7) is 0. The predicted molar refractivity (Wildman–Crippen MR) is 91.5 cm³/mol. The summed E-state index contributed by atoms with van der Waals surface area (Å²) in [5, 5.41) is 37.3. The van der Waals surface area contributed by atoms with Gasteiger partial charge in [-0.25, -0.2) is 0 Å². The minimum Gasteiger partial charge on any atom is -0.305 e. The maximum atomic E-state index is 9.65. The van der Waals surface area contributed by atoms with Crippen molar-refractivity contribution in [3.05, 3.63) is 33.0 Å². The fourth-order valence-corrected chi connectivity index (χ4v) is 5.74. The number of halogens is 1. The summed E-state index contributed by atoms with van der Waals surface area (Å²) in [5.41, 5.74) is -1.02. The van der Waals surface area contributed by atoms with Crippen LogP contribution in [-0.2, 0) is 0 Å². The van der Waals surface area contributed by atoms with Gasteiger partial charge in [-0.3, -0.25) is 0 Å². The molecule has 0 bridgehead atoms. The predicted octanol–water partition coefficient (Wildman–Crippen LogP) is 3.98. The van der Waals surface area contributed by atoms with Crippen molar-refractivity contribution in [3.8, 4) is 18.2 Å². The van der Waals surface area contributed by atoms with Crippen LogP contribution >= 0.6 is 34.7 Å². The highest BCUT2D eigenvalue weighted by Crippen LogP contribution is 2.54. The standard InChI is InChI=1S/C16H11ClN4S2/c17-13-2-1-12(23-13)14-9(5-18)15(21)16(7-19,8-20)11-3-4-22-6-10(11)14/h1-3,9-10,14,21H,4,6H2/t9?,10-,14+/m0/s1. The first-order valence-corrected chi connectivity index (χ1v) is 9.28. The molecule has 1 N–H and O–H groups in total. The molecule has 1 unspecified atom stereocenters. The monoisotopic (exact) mass is 358 g/mol. The minimum atomic E-state index is -1.61. The van der Waals surface area contributed by atoms with Gasteiger partial charge in [0.1, 0.15) is 0 Å². The van der Waals surface area contributed by atoms with Crippen LogP contribution in [0.4, 0.5) is 0 Å². The van der Waals surface area contributed by atoms with E-state index in [1.807, 2.05) is 24.3 Å². The van der Waals surface area contributed by atoms with E-state index in [1.54, 1.807) is 17.8 Å². The maximum Gasteiger partial charge on any atom is 0.203 e. The van der Waals surface area contributed by atoms with Crippen LogP contribution in [0.1, 0.15) is 10.8 Å². The second-order valence-electron chi connectivity index (χ2n) is 5.47. The second-order valence-corrected chi connectivity index (χ2v) is 8.29. The van der Waals surface area contributed by atoms with Gasteiger partial charge < -0.3 is 5.41 Å². The number of rotatable bonds is 1. The van der Waals surface area contributed by atoms with Crippen LogP contribution < -0.4 is 0 Å². The molecular formula is C16H11ClN4S2.